The van der Waals surface area contributed by atoms with Crippen molar-refractivity contribution in [2.24, 2.45) is 5.92 Å². The predicted octanol–water partition coefficient (Wildman–Crippen LogP) is 2.90. The molecule has 5 heteroatoms. The third kappa shape index (κ3) is 3.01. The van der Waals surface area contributed by atoms with E-state index in [1.54, 1.807) is 0 Å². The summed E-state index contributed by atoms with van der Waals surface area (Å²) in [5, 5.41) is 13.6. The van der Waals surface area contributed by atoms with Crippen molar-refractivity contribution in [3.05, 3.63) is 52.4 Å². The summed E-state index contributed by atoms with van der Waals surface area (Å²) < 4.78 is 5.22. The van der Waals surface area contributed by atoms with E-state index in [4.69, 9.17) is 4.52 Å². The van der Waals surface area contributed by atoms with E-state index in [1.807, 2.05) is 39.0 Å². The van der Waals surface area contributed by atoms with Crippen molar-refractivity contribution >= 4 is 5.97 Å². The number of likely N-dealkylation sites (tertiary alicyclic amines) is 1. The molecule has 0 spiro atoms. The first-order chi connectivity index (χ1) is 11.0. The Kier molecular flexibility index (Phi) is 4.22. The minimum absolute atomic E-state index is 0.0224. The summed E-state index contributed by atoms with van der Waals surface area (Å²) in [6, 6.07) is 8.07. The van der Waals surface area contributed by atoms with Gasteiger partial charge in [0.05, 0.1) is 11.6 Å². The third-order valence-electron chi connectivity index (χ3n) is 4.86. The molecule has 0 saturated carbocycles. The number of nitrogens with zero attached hydrogens (tertiary/aromatic N) is 2. The molecule has 0 unspecified atom stereocenters. The molecule has 3 rings (SSSR count). The van der Waals surface area contributed by atoms with Crippen molar-refractivity contribution in [3.63, 3.8) is 0 Å². The second-order valence-electron chi connectivity index (χ2n) is 6.40. The average Bonchev–Trinajstić information content (AvgIpc) is 3.07. The molecule has 23 heavy (non-hydrogen) atoms. The van der Waals surface area contributed by atoms with Crippen LogP contribution in [0.15, 0.2) is 28.8 Å². The fraction of sp³-hybridized carbons (Fsp3) is 0.444. The van der Waals surface area contributed by atoms with Crippen LogP contribution in [-0.2, 0) is 11.3 Å². The van der Waals surface area contributed by atoms with Gasteiger partial charge in [-0.2, -0.15) is 0 Å². The summed E-state index contributed by atoms with van der Waals surface area (Å²) in [6.07, 6.45) is 0. The number of carboxylic acid groups (broad SMARTS) is 1. The Bertz CT molecular complexity index is 703. The molecule has 1 N–H and O–H groups in total. The largest absolute Gasteiger partial charge is 0.481 e. The van der Waals surface area contributed by atoms with E-state index in [-0.39, 0.29) is 11.8 Å². The third-order valence-corrected chi connectivity index (χ3v) is 4.86. The van der Waals surface area contributed by atoms with Crippen LogP contribution in [0.3, 0.4) is 0 Å². The number of aromatic nitrogens is 1. The van der Waals surface area contributed by atoms with Crippen LogP contribution in [0.2, 0.25) is 0 Å². The summed E-state index contributed by atoms with van der Waals surface area (Å²) in [7, 11) is 0. The average molecular weight is 314 g/mol. The van der Waals surface area contributed by atoms with E-state index in [9.17, 15) is 9.90 Å². The molecule has 0 radical (unpaired) electrons. The van der Waals surface area contributed by atoms with Crippen LogP contribution in [0.5, 0.6) is 0 Å². The summed E-state index contributed by atoms with van der Waals surface area (Å²) in [5.74, 6) is -0.265. The first kappa shape index (κ1) is 15.7. The SMILES string of the molecule is Cc1ccccc1[C@@H]1CN(Cc2c(C)noc2C)C[C@H]1C(=O)O. The highest BCUT2D eigenvalue weighted by atomic mass is 16.5. The Morgan fingerprint density at radius 2 is 2.04 bits per heavy atom. The topological polar surface area (TPSA) is 66.6 Å². The molecular formula is C18H22N2O3. The number of hydrogen-bond donors (Lipinski definition) is 1. The molecule has 1 fully saturated rings. The Morgan fingerprint density at radius 1 is 1.30 bits per heavy atom. The molecule has 2 aromatic rings. The molecule has 1 aliphatic rings. The maximum atomic E-state index is 11.7. The quantitative estimate of drug-likeness (QED) is 0.940. The van der Waals surface area contributed by atoms with E-state index in [0.717, 1.165) is 34.7 Å². The molecule has 2 heterocycles. The first-order valence-corrected chi connectivity index (χ1v) is 7.89. The van der Waals surface area contributed by atoms with E-state index < -0.39 is 5.97 Å². The lowest BCUT2D eigenvalue weighted by atomic mass is 9.86. The normalized spacial score (nSPS) is 21.7. The minimum atomic E-state index is -0.723. The lowest BCUT2D eigenvalue weighted by Gasteiger charge is -2.18. The fourth-order valence-electron chi connectivity index (χ4n) is 3.53. The highest BCUT2D eigenvalue weighted by molar-refractivity contribution is 5.72. The van der Waals surface area contributed by atoms with Crippen LogP contribution in [0.1, 0.15) is 34.1 Å². The molecule has 122 valence electrons. The fourth-order valence-corrected chi connectivity index (χ4v) is 3.53. The van der Waals surface area contributed by atoms with Crippen molar-refractivity contribution in [2.45, 2.75) is 33.2 Å². The van der Waals surface area contributed by atoms with Crippen molar-refractivity contribution in [3.8, 4) is 0 Å². The number of hydrogen-bond acceptors (Lipinski definition) is 4. The van der Waals surface area contributed by atoms with Gasteiger partial charge in [-0.05, 0) is 31.9 Å². The van der Waals surface area contributed by atoms with Gasteiger partial charge in [0, 0.05) is 31.1 Å². The van der Waals surface area contributed by atoms with Gasteiger partial charge in [-0.15, -0.1) is 0 Å². The van der Waals surface area contributed by atoms with Gasteiger partial charge < -0.3 is 9.63 Å². The number of carbonyl (C=O) groups is 1. The molecule has 1 aromatic carbocycles. The second kappa shape index (κ2) is 6.16. The van der Waals surface area contributed by atoms with E-state index in [2.05, 4.69) is 16.1 Å². The molecular weight excluding hydrogens is 292 g/mol. The number of aliphatic carboxylic acids is 1. The zero-order valence-corrected chi connectivity index (χ0v) is 13.7. The number of benzene rings is 1. The molecule has 1 saturated heterocycles. The Hall–Kier alpha value is -2.14. The molecule has 1 aromatic heterocycles. The van der Waals surface area contributed by atoms with Crippen LogP contribution in [-0.4, -0.2) is 34.2 Å². The Morgan fingerprint density at radius 3 is 2.65 bits per heavy atom. The Balaban J connectivity index is 1.84. The van der Waals surface area contributed by atoms with Crippen LogP contribution in [0.4, 0.5) is 0 Å². The number of rotatable bonds is 4. The van der Waals surface area contributed by atoms with E-state index in [1.165, 1.54) is 0 Å². The highest BCUT2D eigenvalue weighted by Gasteiger charge is 2.39. The lowest BCUT2D eigenvalue weighted by molar-refractivity contribution is -0.141. The van der Waals surface area contributed by atoms with Gasteiger partial charge in [-0.25, -0.2) is 0 Å². The van der Waals surface area contributed by atoms with Gasteiger partial charge in [0.1, 0.15) is 5.76 Å². The van der Waals surface area contributed by atoms with Gasteiger partial charge in [-0.1, -0.05) is 29.4 Å². The monoisotopic (exact) mass is 314 g/mol. The van der Waals surface area contributed by atoms with Crippen LogP contribution >= 0.6 is 0 Å². The lowest BCUT2D eigenvalue weighted by Crippen LogP contribution is -2.23. The maximum Gasteiger partial charge on any atom is 0.308 e. The number of carboxylic acids is 1. The maximum absolute atomic E-state index is 11.7. The zero-order chi connectivity index (χ0) is 16.6. The standard InChI is InChI=1S/C18H22N2O3/c1-11-6-4-5-7-14(11)16-9-20(10-17(16)18(21)22)8-15-12(2)19-23-13(15)3/h4-7,16-17H,8-10H2,1-3H3,(H,21,22)/t16-,17+/m0/s1. The van der Waals surface area contributed by atoms with Crippen molar-refractivity contribution in [2.75, 3.05) is 13.1 Å². The zero-order valence-electron chi connectivity index (χ0n) is 13.7. The van der Waals surface area contributed by atoms with E-state index in [0.29, 0.717) is 13.1 Å². The summed E-state index contributed by atoms with van der Waals surface area (Å²) in [4.78, 5) is 13.9. The highest BCUT2D eigenvalue weighted by Crippen LogP contribution is 2.35. The van der Waals surface area contributed by atoms with Crippen LogP contribution in [0.25, 0.3) is 0 Å². The predicted molar refractivity (Wildman–Crippen MR) is 86.3 cm³/mol. The molecule has 0 bridgehead atoms. The second-order valence-corrected chi connectivity index (χ2v) is 6.40. The van der Waals surface area contributed by atoms with Crippen LogP contribution in [0, 0.1) is 26.7 Å². The van der Waals surface area contributed by atoms with Gasteiger partial charge >= 0.3 is 5.97 Å². The first-order valence-electron chi connectivity index (χ1n) is 7.89. The van der Waals surface area contributed by atoms with Gasteiger partial charge in [0.15, 0.2) is 0 Å². The number of aryl methyl sites for hydroxylation is 3. The molecule has 0 aliphatic carbocycles. The summed E-state index contributed by atoms with van der Waals surface area (Å²) in [6.45, 7) is 7.86. The minimum Gasteiger partial charge on any atom is -0.481 e. The van der Waals surface area contributed by atoms with Crippen molar-refractivity contribution in [1.29, 1.82) is 0 Å². The van der Waals surface area contributed by atoms with Gasteiger partial charge in [0.25, 0.3) is 0 Å². The Labute approximate surface area is 135 Å². The van der Waals surface area contributed by atoms with Gasteiger partial charge in [-0.3, -0.25) is 9.69 Å². The summed E-state index contributed by atoms with van der Waals surface area (Å²) >= 11 is 0. The van der Waals surface area contributed by atoms with Crippen LogP contribution < -0.4 is 0 Å². The molecule has 0 amide bonds. The van der Waals surface area contributed by atoms with E-state index >= 15 is 0 Å². The molecule has 5 nitrogen and oxygen atoms in total. The van der Waals surface area contributed by atoms with Crippen molar-refractivity contribution < 1.29 is 14.4 Å². The summed E-state index contributed by atoms with van der Waals surface area (Å²) in [5.41, 5.74) is 4.25. The molecule has 2 atom stereocenters. The van der Waals surface area contributed by atoms with Gasteiger partial charge in [0.2, 0.25) is 0 Å². The van der Waals surface area contributed by atoms with Crippen molar-refractivity contribution in [1.82, 2.24) is 10.1 Å². The smallest absolute Gasteiger partial charge is 0.308 e. The molecule has 1 aliphatic heterocycles.